The zero-order valence-corrected chi connectivity index (χ0v) is 21.7. The van der Waals surface area contributed by atoms with Crippen LogP contribution < -0.4 is 20.1 Å². The minimum atomic E-state index is -0.735. The molecule has 1 aromatic heterocycles. The van der Waals surface area contributed by atoms with Crippen molar-refractivity contribution in [3.05, 3.63) is 70.6 Å². The number of amides is 2. The van der Waals surface area contributed by atoms with E-state index in [-0.39, 0.29) is 39.6 Å². The van der Waals surface area contributed by atoms with Crippen LogP contribution in [0.2, 0.25) is 5.02 Å². The number of anilines is 1. The molecule has 2 amide bonds. The Morgan fingerprint density at radius 2 is 1.84 bits per heavy atom. The molecule has 194 valence electrons. The van der Waals surface area contributed by atoms with E-state index in [1.165, 1.54) is 35.5 Å². The average Bonchev–Trinajstić information content (AvgIpc) is 2.88. The molecule has 0 saturated heterocycles. The number of aryl methyl sites for hydroxylation is 1. The Labute approximate surface area is 220 Å². The van der Waals surface area contributed by atoms with Crippen molar-refractivity contribution in [1.82, 2.24) is 20.2 Å². The highest BCUT2D eigenvalue weighted by Gasteiger charge is 2.17. The highest BCUT2D eigenvalue weighted by molar-refractivity contribution is 6.32. The minimum Gasteiger partial charge on any atom is -0.483 e. The van der Waals surface area contributed by atoms with Gasteiger partial charge in [0.2, 0.25) is 0 Å². The van der Waals surface area contributed by atoms with Crippen LogP contribution in [0, 0.1) is 6.92 Å². The minimum absolute atomic E-state index is 0.198. The zero-order valence-electron chi connectivity index (χ0n) is 20.9. The van der Waals surface area contributed by atoms with Crippen LogP contribution in [0.3, 0.4) is 0 Å². The van der Waals surface area contributed by atoms with Gasteiger partial charge < -0.3 is 25.0 Å². The number of aromatic nitrogens is 2. The third kappa shape index (κ3) is 7.73. The van der Waals surface area contributed by atoms with Crippen LogP contribution in [0.1, 0.15) is 32.8 Å². The lowest BCUT2D eigenvalue weighted by molar-refractivity contribution is -0.113. The highest BCUT2D eigenvalue weighted by atomic mass is 35.5. The molecule has 3 rings (SSSR count). The Balaban J connectivity index is 1.92. The molecule has 0 aliphatic carbocycles. The predicted octanol–water partition coefficient (Wildman–Crippen LogP) is 3.74. The van der Waals surface area contributed by atoms with Crippen molar-refractivity contribution in [2.75, 3.05) is 33.0 Å². The van der Waals surface area contributed by atoms with Gasteiger partial charge in [-0.1, -0.05) is 11.6 Å². The molecule has 0 saturated carbocycles. The van der Waals surface area contributed by atoms with Crippen LogP contribution >= 0.6 is 11.6 Å². The predicted molar refractivity (Wildman–Crippen MR) is 140 cm³/mol. The number of halogens is 1. The Morgan fingerprint density at radius 3 is 2.46 bits per heavy atom. The van der Waals surface area contributed by atoms with E-state index >= 15 is 0 Å². The van der Waals surface area contributed by atoms with Gasteiger partial charge in [-0.3, -0.25) is 19.4 Å². The summed E-state index contributed by atoms with van der Waals surface area (Å²) in [6.45, 7) is 2.35. The molecule has 1 unspecified atom stereocenters. The molecule has 10 nitrogen and oxygen atoms in total. The lowest BCUT2D eigenvalue weighted by atomic mass is 10.1. The van der Waals surface area contributed by atoms with Crippen LogP contribution in [0.25, 0.3) is 0 Å². The molecule has 2 N–H and O–H groups in total. The third-order valence-electron chi connectivity index (χ3n) is 5.10. The molecular weight excluding hydrogens is 498 g/mol. The fourth-order valence-electron chi connectivity index (χ4n) is 3.19. The number of rotatable bonds is 11. The first kappa shape index (κ1) is 27.6. The van der Waals surface area contributed by atoms with E-state index < -0.39 is 12.0 Å². The summed E-state index contributed by atoms with van der Waals surface area (Å²) in [5.41, 5.74) is 1.31. The molecule has 0 fully saturated rings. The number of hydrogen-bond donors (Lipinski definition) is 2. The van der Waals surface area contributed by atoms with Gasteiger partial charge in [-0.05, 0) is 50.8 Å². The van der Waals surface area contributed by atoms with Gasteiger partial charge in [0.25, 0.3) is 11.8 Å². The first-order chi connectivity index (χ1) is 17.7. The van der Waals surface area contributed by atoms with Crippen LogP contribution in [-0.2, 0) is 4.79 Å². The van der Waals surface area contributed by atoms with Gasteiger partial charge in [-0.2, -0.15) is 0 Å². The van der Waals surface area contributed by atoms with Crippen molar-refractivity contribution in [3.63, 3.8) is 0 Å². The first-order valence-corrected chi connectivity index (χ1v) is 11.8. The van der Waals surface area contributed by atoms with Crippen LogP contribution in [0.15, 0.2) is 48.8 Å². The van der Waals surface area contributed by atoms with Gasteiger partial charge in [0.05, 0.1) is 23.1 Å². The second kappa shape index (κ2) is 12.8. The molecule has 1 heterocycles. The van der Waals surface area contributed by atoms with E-state index in [9.17, 15) is 14.4 Å². The maximum Gasteiger partial charge on any atom is 0.257 e. The largest absolute Gasteiger partial charge is 0.483 e. The maximum absolute atomic E-state index is 13.0. The lowest BCUT2D eigenvalue weighted by Crippen LogP contribution is -2.24. The molecule has 0 bridgehead atoms. The molecule has 2 aromatic carbocycles. The summed E-state index contributed by atoms with van der Waals surface area (Å²) in [5, 5.41) is 5.85. The number of benzene rings is 2. The SMILES string of the molecule is CNCCC(C=O)Oc1cc(Oc2ccc(C(=O)N(C)C)cc2Cl)cc(C(=O)Nc2cnc(C)cn2)c1. The topological polar surface area (TPSA) is 123 Å². The molecule has 0 aliphatic rings. The van der Waals surface area contributed by atoms with Crippen LogP contribution in [0.4, 0.5) is 5.82 Å². The van der Waals surface area contributed by atoms with E-state index in [2.05, 4.69) is 20.6 Å². The van der Waals surface area contributed by atoms with Crippen molar-refractivity contribution in [2.45, 2.75) is 19.4 Å². The van der Waals surface area contributed by atoms with E-state index in [0.717, 1.165) is 0 Å². The van der Waals surface area contributed by atoms with E-state index in [4.69, 9.17) is 21.1 Å². The summed E-state index contributed by atoms with van der Waals surface area (Å²) < 4.78 is 11.8. The smallest absolute Gasteiger partial charge is 0.257 e. The summed E-state index contributed by atoms with van der Waals surface area (Å²) in [7, 11) is 5.06. The number of hydrogen-bond acceptors (Lipinski definition) is 8. The van der Waals surface area contributed by atoms with Gasteiger partial charge in [-0.25, -0.2) is 4.98 Å². The van der Waals surface area contributed by atoms with Crippen molar-refractivity contribution in [3.8, 4) is 17.2 Å². The van der Waals surface area contributed by atoms with Gasteiger partial charge in [-0.15, -0.1) is 0 Å². The highest BCUT2D eigenvalue weighted by Crippen LogP contribution is 2.33. The van der Waals surface area contributed by atoms with Gasteiger partial charge in [0.1, 0.15) is 17.2 Å². The molecule has 37 heavy (non-hydrogen) atoms. The third-order valence-corrected chi connectivity index (χ3v) is 5.39. The fraction of sp³-hybridized carbons (Fsp3) is 0.269. The summed E-state index contributed by atoms with van der Waals surface area (Å²) in [4.78, 5) is 46.5. The van der Waals surface area contributed by atoms with E-state index in [1.807, 2.05) is 0 Å². The monoisotopic (exact) mass is 525 g/mol. The maximum atomic E-state index is 13.0. The van der Waals surface area contributed by atoms with E-state index in [1.54, 1.807) is 46.3 Å². The molecule has 3 aromatic rings. The summed E-state index contributed by atoms with van der Waals surface area (Å²) in [6, 6.07) is 9.21. The standard InChI is InChI=1S/C26H28ClN5O5/c1-16-13-30-24(14-29-16)31-25(34)18-9-20(36-19(15-33)7-8-28-2)12-21(10-18)37-23-6-5-17(11-22(23)27)26(35)32(3)4/h5-6,9-15,19,28H,7-8H2,1-4H3,(H,30,31,34). The van der Waals surface area contributed by atoms with Crippen molar-refractivity contribution >= 4 is 35.5 Å². The van der Waals surface area contributed by atoms with Crippen molar-refractivity contribution in [1.29, 1.82) is 0 Å². The van der Waals surface area contributed by atoms with Gasteiger partial charge in [0, 0.05) is 37.7 Å². The molecule has 1 atom stereocenters. The quantitative estimate of drug-likeness (QED) is 0.363. The normalized spacial score (nSPS) is 11.4. The van der Waals surface area contributed by atoms with E-state index in [0.29, 0.717) is 30.5 Å². The second-order valence-electron chi connectivity index (χ2n) is 8.32. The summed E-state index contributed by atoms with van der Waals surface area (Å²) in [5.74, 6) is 0.346. The number of carbonyl (C=O) groups is 3. The first-order valence-electron chi connectivity index (χ1n) is 11.4. The number of nitrogens with one attached hydrogen (secondary N) is 2. The van der Waals surface area contributed by atoms with Crippen LogP contribution in [0.5, 0.6) is 17.2 Å². The molecule has 0 radical (unpaired) electrons. The molecule has 11 heteroatoms. The number of nitrogens with zero attached hydrogens (tertiary/aromatic N) is 3. The zero-order chi connectivity index (χ0) is 26.9. The van der Waals surface area contributed by atoms with Gasteiger partial charge in [0.15, 0.2) is 18.2 Å². The van der Waals surface area contributed by atoms with Crippen molar-refractivity contribution in [2.24, 2.45) is 0 Å². The lowest BCUT2D eigenvalue weighted by Gasteiger charge is -2.17. The Morgan fingerprint density at radius 1 is 1.08 bits per heavy atom. The Kier molecular flexibility index (Phi) is 9.53. The Hall–Kier alpha value is -4.02. The molecular formula is C26H28ClN5O5. The summed E-state index contributed by atoms with van der Waals surface area (Å²) in [6.07, 6.45) is 3.37. The number of aldehydes is 1. The van der Waals surface area contributed by atoms with Crippen molar-refractivity contribution < 1.29 is 23.9 Å². The van der Waals surface area contributed by atoms with Crippen LogP contribution in [-0.4, -0.2) is 66.8 Å². The Bertz CT molecular complexity index is 1270. The average molecular weight is 526 g/mol. The molecule has 0 aliphatic heterocycles. The number of carbonyl (C=O) groups excluding carboxylic acids is 3. The van der Waals surface area contributed by atoms with Gasteiger partial charge >= 0.3 is 0 Å². The second-order valence-corrected chi connectivity index (χ2v) is 8.73. The summed E-state index contributed by atoms with van der Waals surface area (Å²) >= 11 is 6.38. The fourth-order valence-corrected chi connectivity index (χ4v) is 3.41. The molecule has 0 spiro atoms. The number of ether oxygens (including phenoxy) is 2.